The van der Waals surface area contributed by atoms with Gasteiger partial charge >= 0.3 is 0 Å². The lowest BCUT2D eigenvalue weighted by atomic mass is 9.63. The zero-order chi connectivity index (χ0) is 19.4. The standard InChI is InChI=1S/C23H25Cl2NO/c1-22(2,3)13-15-7-9-18(14-5-4-6-16(24)11-14)23(15)19-10-8-17(25)12-20(19)26-21(23)27/h4-6,8,10-12,15,18H,7,9,13H2,1-3H3,(H,26,27)/t15-,18+,23+/m0/s1. The summed E-state index contributed by atoms with van der Waals surface area (Å²) in [4.78, 5) is 13.5. The Morgan fingerprint density at radius 3 is 2.52 bits per heavy atom. The minimum Gasteiger partial charge on any atom is -0.325 e. The Balaban J connectivity index is 1.91. The molecular formula is C23H25Cl2NO. The van der Waals surface area contributed by atoms with E-state index in [0.29, 0.717) is 5.02 Å². The molecule has 0 unspecified atom stereocenters. The predicted molar refractivity (Wildman–Crippen MR) is 113 cm³/mol. The number of rotatable bonds is 2. The van der Waals surface area contributed by atoms with E-state index in [-0.39, 0.29) is 23.2 Å². The fraction of sp³-hybridized carbons (Fsp3) is 0.435. The molecule has 4 rings (SSSR count). The third-order valence-electron chi connectivity index (χ3n) is 6.16. The molecule has 1 aliphatic heterocycles. The van der Waals surface area contributed by atoms with Crippen LogP contribution in [-0.2, 0) is 10.2 Å². The Kier molecular flexibility index (Phi) is 4.56. The van der Waals surface area contributed by atoms with Crippen LogP contribution in [0.3, 0.4) is 0 Å². The van der Waals surface area contributed by atoms with Crippen LogP contribution in [0.25, 0.3) is 0 Å². The highest BCUT2D eigenvalue weighted by atomic mass is 35.5. The van der Waals surface area contributed by atoms with Gasteiger partial charge in [0, 0.05) is 21.7 Å². The third-order valence-corrected chi connectivity index (χ3v) is 6.63. The Hall–Kier alpha value is -1.51. The van der Waals surface area contributed by atoms with Crippen molar-refractivity contribution >= 4 is 34.8 Å². The van der Waals surface area contributed by atoms with E-state index in [1.807, 2.05) is 36.4 Å². The molecule has 1 N–H and O–H groups in total. The van der Waals surface area contributed by atoms with Gasteiger partial charge in [0.1, 0.15) is 0 Å². The molecule has 1 aliphatic carbocycles. The van der Waals surface area contributed by atoms with Crippen LogP contribution in [-0.4, -0.2) is 5.91 Å². The summed E-state index contributed by atoms with van der Waals surface area (Å²) in [6.45, 7) is 6.76. The van der Waals surface area contributed by atoms with E-state index in [1.165, 1.54) is 0 Å². The van der Waals surface area contributed by atoms with Crippen molar-refractivity contribution < 1.29 is 4.79 Å². The Morgan fingerprint density at radius 2 is 1.81 bits per heavy atom. The second kappa shape index (κ2) is 6.53. The molecule has 2 nitrogen and oxygen atoms in total. The molecule has 0 radical (unpaired) electrons. The van der Waals surface area contributed by atoms with Crippen molar-refractivity contribution in [3.63, 3.8) is 0 Å². The summed E-state index contributed by atoms with van der Waals surface area (Å²) < 4.78 is 0. The van der Waals surface area contributed by atoms with Crippen molar-refractivity contribution in [2.24, 2.45) is 11.3 Å². The molecule has 27 heavy (non-hydrogen) atoms. The van der Waals surface area contributed by atoms with Gasteiger partial charge in [-0.15, -0.1) is 0 Å². The lowest BCUT2D eigenvalue weighted by Gasteiger charge is -2.38. The molecule has 0 bridgehead atoms. The van der Waals surface area contributed by atoms with Crippen LogP contribution < -0.4 is 5.32 Å². The van der Waals surface area contributed by atoms with Gasteiger partial charge in [-0.3, -0.25) is 4.79 Å². The molecule has 2 aromatic rings. The number of hydrogen-bond donors (Lipinski definition) is 1. The summed E-state index contributed by atoms with van der Waals surface area (Å²) in [6, 6.07) is 13.8. The molecule has 1 heterocycles. The van der Waals surface area contributed by atoms with Gasteiger partial charge in [-0.25, -0.2) is 0 Å². The molecule has 2 aliphatic rings. The molecule has 2 aromatic carbocycles. The number of carbonyl (C=O) groups excluding carboxylic acids is 1. The number of hydrogen-bond acceptors (Lipinski definition) is 1. The van der Waals surface area contributed by atoms with Crippen LogP contribution in [0.2, 0.25) is 10.0 Å². The van der Waals surface area contributed by atoms with Crippen LogP contribution in [0, 0.1) is 11.3 Å². The van der Waals surface area contributed by atoms with Crippen LogP contribution in [0.1, 0.15) is 57.1 Å². The summed E-state index contributed by atoms with van der Waals surface area (Å²) in [6.07, 6.45) is 3.01. The van der Waals surface area contributed by atoms with Crippen molar-refractivity contribution in [2.45, 2.75) is 51.4 Å². The van der Waals surface area contributed by atoms with E-state index in [2.05, 4.69) is 32.2 Å². The number of benzene rings is 2. The summed E-state index contributed by atoms with van der Waals surface area (Å²) >= 11 is 12.5. The Morgan fingerprint density at radius 1 is 1.07 bits per heavy atom. The van der Waals surface area contributed by atoms with Crippen LogP contribution in [0.4, 0.5) is 5.69 Å². The van der Waals surface area contributed by atoms with E-state index in [0.717, 1.165) is 41.1 Å². The molecule has 1 amide bonds. The van der Waals surface area contributed by atoms with E-state index in [9.17, 15) is 4.79 Å². The van der Waals surface area contributed by atoms with Gasteiger partial charge in [-0.05, 0) is 66.0 Å². The lowest BCUT2D eigenvalue weighted by molar-refractivity contribution is -0.123. The van der Waals surface area contributed by atoms with Crippen molar-refractivity contribution in [1.29, 1.82) is 0 Å². The van der Waals surface area contributed by atoms with E-state index in [1.54, 1.807) is 0 Å². The fourth-order valence-corrected chi connectivity index (χ4v) is 5.71. The van der Waals surface area contributed by atoms with Gasteiger partial charge in [0.15, 0.2) is 0 Å². The monoisotopic (exact) mass is 401 g/mol. The first-order valence-corrected chi connectivity index (χ1v) is 10.3. The van der Waals surface area contributed by atoms with E-state index in [4.69, 9.17) is 23.2 Å². The highest BCUT2D eigenvalue weighted by Crippen LogP contribution is 2.61. The zero-order valence-corrected chi connectivity index (χ0v) is 17.5. The maximum absolute atomic E-state index is 13.5. The van der Waals surface area contributed by atoms with Crippen molar-refractivity contribution in [3.05, 3.63) is 63.6 Å². The van der Waals surface area contributed by atoms with Crippen LogP contribution in [0.5, 0.6) is 0 Å². The largest absolute Gasteiger partial charge is 0.325 e. The first-order valence-electron chi connectivity index (χ1n) is 9.59. The first kappa shape index (κ1) is 18.8. The lowest BCUT2D eigenvalue weighted by Crippen LogP contribution is -2.43. The summed E-state index contributed by atoms with van der Waals surface area (Å²) in [5, 5.41) is 4.51. The molecule has 1 saturated carbocycles. The molecular weight excluding hydrogens is 377 g/mol. The topological polar surface area (TPSA) is 29.1 Å². The number of carbonyl (C=O) groups is 1. The van der Waals surface area contributed by atoms with Gasteiger partial charge in [0.05, 0.1) is 5.41 Å². The molecule has 3 atom stereocenters. The van der Waals surface area contributed by atoms with Gasteiger partial charge in [-0.2, -0.15) is 0 Å². The number of nitrogens with one attached hydrogen (secondary N) is 1. The van der Waals surface area contributed by atoms with Crippen molar-refractivity contribution in [1.82, 2.24) is 0 Å². The minimum absolute atomic E-state index is 0.108. The normalized spacial score (nSPS) is 27.1. The van der Waals surface area contributed by atoms with Gasteiger partial charge < -0.3 is 5.32 Å². The Bertz CT molecular complexity index is 901. The average Bonchev–Trinajstić information content (AvgIpc) is 3.06. The second-order valence-electron chi connectivity index (χ2n) is 9.16. The molecule has 0 saturated heterocycles. The molecule has 1 fully saturated rings. The molecule has 0 aromatic heterocycles. The molecule has 1 spiro atoms. The van der Waals surface area contributed by atoms with Crippen LogP contribution >= 0.6 is 23.2 Å². The second-order valence-corrected chi connectivity index (χ2v) is 10.0. The maximum atomic E-state index is 13.5. The summed E-state index contributed by atoms with van der Waals surface area (Å²) in [5.74, 6) is 0.506. The molecule has 4 heteroatoms. The van der Waals surface area contributed by atoms with E-state index < -0.39 is 5.41 Å². The third kappa shape index (κ3) is 3.07. The van der Waals surface area contributed by atoms with E-state index >= 15 is 0 Å². The number of anilines is 1. The number of fused-ring (bicyclic) bond motifs is 2. The van der Waals surface area contributed by atoms with Gasteiger partial charge in [0.2, 0.25) is 5.91 Å². The number of halogens is 2. The van der Waals surface area contributed by atoms with Gasteiger partial charge in [-0.1, -0.05) is 62.2 Å². The van der Waals surface area contributed by atoms with Gasteiger partial charge in [0.25, 0.3) is 0 Å². The fourth-order valence-electron chi connectivity index (χ4n) is 5.34. The quantitative estimate of drug-likeness (QED) is 0.587. The summed E-state index contributed by atoms with van der Waals surface area (Å²) in [5.41, 5.74) is 2.69. The summed E-state index contributed by atoms with van der Waals surface area (Å²) in [7, 11) is 0. The average molecular weight is 402 g/mol. The predicted octanol–water partition coefficient (Wildman–Crippen LogP) is 6.81. The highest BCUT2D eigenvalue weighted by Gasteiger charge is 2.60. The smallest absolute Gasteiger partial charge is 0.236 e. The first-order chi connectivity index (χ1) is 12.7. The Labute approximate surface area is 171 Å². The minimum atomic E-state index is -0.558. The maximum Gasteiger partial charge on any atom is 0.236 e. The van der Waals surface area contributed by atoms with Crippen molar-refractivity contribution in [2.75, 3.05) is 5.32 Å². The van der Waals surface area contributed by atoms with Crippen LogP contribution in [0.15, 0.2) is 42.5 Å². The molecule has 142 valence electrons. The number of amides is 1. The zero-order valence-electron chi connectivity index (χ0n) is 16.0. The van der Waals surface area contributed by atoms with Crippen molar-refractivity contribution in [3.8, 4) is 0 Å². The highest BCUT2D eigenvalue weighted by molar-refractivity contribution is 6.31. The SMILES string of the molecule is CC(C)(C)C[C@@H]1CC[C@H](c2cccc(Cl)c2)[C@]12C(=O)Nc1cc(Cl)ccc12.